The third-order valence-electron chi connectivity index (χ3n) is 3.76. The maximum absolute atomic E-state index is 12.1. The van der Waals surface area contributed by atoms with Gasteiger partial charge in [0.1, 0.15) is 0 Å². The zero-order valence-electron chi connectivity index (χ0n) is 11.0. The van der Waals surface area contributed by atoms with E-state index in [4.69, 9.17) is 5.73 Å². The smallest absolute Gasteiger partial charge is 0.237 e. The van der Waals surface area contributed by atoms with Gasteiger partial charge in [-0.3, -0.25) is 9.69 Å². The van der Waals surface area contributed by atoms with Crippen LogP contribution in [0.15, 0.2) is 30.3 Å². The molecule has 2 rings (SSSR count). The molecule has 2 atom stereocenters. The number of carbonyl (C=O) groups excluding carboxylic acids is 1. The minimum absolute atomic E-state index is 0.112. The van der Waals surface area contributed by atoms with Gasteiger partial charge in [-0.25, -0.2) is 0 Å². The fourth-order valence-corrected chi connectivity index (χ4v) is 2.44. The van der Waals surface area contributed by atoms with Crippen molar-refractivity contribution < 1.29 is 4.79 Å². The van der Waals surface area contributed by atoms with Gasteiger partial charge in [-0.2, -0.15) is 0 Å². The van der Waals surface area contributed by atoms with E-state index in [0.717, 1.165) is 0 Å². The highest BCUT2D eigenvalue weighted by molar-refractivity contribution is 5.79. The molecule has 0 aromatic heterocycles. The Morgan fingerprint density at radius 1 is 1.39 bits per heavy atom. The number of benzene rings is 1. The van der Waals surface area contributed by atoms with Crippen LogP contribution in [0, 0.1) is 0 Å². The molecule has 1 amide bonds. The number of nitrogens with two attached hydrogens (primary N) is 1. The summed E-state index contributed by atoms with van der Waals surface area (Å²) < 4.78 is 0. The van der Waals surface area contributed by atoms with E-state index in [1.807, 2.05) is 35.0 Å². The van der Waals surface area contributed by atoms with Crippen LogP contribution in [0.4, 0.5) is 0 Å². The zero-order valence-corrected chi connectivity index (χ0v) is 11.0. The molecule has 1 aromatic carbocycles. The monoisotopic (exact) mass is 247 g/mol. The highest BCUT2D eigenvalue weighted by Gasteiger charge is 2.31. The summed E-state index contributed by atoms with van der Waals surface area (Å²) in [6.07, 6.45) is 0. The summed E-state index contributed by atoms with van der Waals surface area (Å²) in [4.78, 5) is 16.1. The van der Waals surface area contributed by atoms with Crippen LogP contribution in [0.2, 0.25) is 0 Å². The van der Waals surface area contributed by atoms with Crippen LogP contribution in [0.5, 0.6) is 0 Å². The largest absolute Gasteiger partial charge is 0.333 e. The Balaban J connectivity index is 2.14. The van der Waals surface area contributed by atoms with Crippen LogP contribution in [-0.4, -0.2) is 48.4 Å². The minimum atomic E-state index is 0.112. The summed E-state index contributed by atoms with van der Waals surface area (Å²) >= 11 is 0. The molecule has 4 heteroatoms. The number of hydrogen-bond donors (Lipinski definition) is 1. The molecule has 1 heterocycles. The molecular formula is C14H21N3O. The predicted octanol–water partition coefficient (Wildman–Crippen LogP) is 0.849. The first kappa shape index (κ1) is 13.1. The van der Waals surface area contributed by atoms with Gasteiger partial charge < -0.3 is 10.6 Å². The summed E-state index contributed by atoms with van der Waals surface area (Å²) in [6, 6.07) is 10.5. The third kappa shape index (κ3) is 2.54. The number of piperazine rings is 1. The van der Waals surface area contributed by atoms with Crippen LogP contribution in [0.1, 0.15) is 18.5 Å². The van der Waals surface area contributed by atoms with Crippen molar-refractivity contribution in [1.29, 1.82) is 0 Å². The van der Waals surface area contributed by atoms with Gasteiger partial charge in [-0.05, 0) is 19.5 Å². The van der Waals surface area contributed by atoms with Crippen molar-refractivity contribution in [3.05, 3.63) is 35.9 Å². The molecule has 0 radical (unpaired) electrons. The average Bonchev–Trinajstić information content (AvgIpc) is 2.39. The predicted molar refractivity (Wildman–Crippen MR) is 72.0 cm³/mol. The molecule has 2 unspecified atom stereocenters. The molecule has 1 aliphatic heterocycles. The Hall–Kier alpha value is -1.39. The first-order valence-electron chi connectivity index (χ1n) is 6.38. The van der Waals surface area contributed by atoms with Gasteiger partial charge in [0.05, 0.1) is 12.6 Å². The van der Waals surface area contributed by atoms with E-state index in [-0.39, 0.29) is 18.0 Å². The molecule has 1 fully saturated rings. The summed E-state index contributed by atoms with van der Waals surface area (Å²) in [5, 5.41) is 0. The van der Waals surface area contributed by atoms with Crippen molar-refractivity contribution in [1.82, 2.24) is 9.80 Å². The number of nitrogens with zero attached hydrogens (tertiary/aromatic N) is 2. The second-order valence-electron chi connectivity index (χ2n) is 4.94. The normalized spacial score (nSPS) is 23.2. The number of hydrogen-bond acceptors (Lipinski definition) is 3. The molecule has 18 heavy (non-hydrogen) atoms. The quantitative estimate of drug-likeness (QED) is 0.861. The summed E-state index contributed by atoms with van der Waals surface area (Å²) in [5.74, 6) is 0.179. The van der Waals surface area contributed by atoms with Crippen LogP contribution in [-0.2, 0) is 4.79 Å². The summed E-state index contributed by atoms with van der Waals surface area (Å²) in [6.45, 7) is 3.83. The molecule has 98 valence electrons. The minimum Gasteiger partial charge on any atom is -0.333 e. The Morgan fingerprint density at radius 2 is 2.06 bits per heavy atom. The molecule has 4 nitrogen and oxygen atoms in total. The van der Waals surface area contributed by atoms with Crippen LogP contribution in [0.3, 0.4) is 0 Å². The van der Waals surface area contributed by atoms with E-state index >= 15 is 0 Å². The van der Waals surface area contributed by atoms with Gasteiger partial charge in [0.15, 0.2) is 0 Å². The van der Waals surface area contributed by atoms with E-state index in [1.54, 1.807) is 0 Å². The lowest BCUT2D eigenvalue weighted by molar-refractivity contribution is -0.140. The standard InChI is InChI=1S/C14H21N3O/c1-11(12-6-4-3-5-7-12)17-9-13(8-15)16(2)10-14(17)18/h3-7,11,13H,8-10,15H2,1-2H3. The van der Waals surface area contributed by atoms with Gasteiger partial charge in [0, 0.05) is 19.1 Å². The lowest BCUT2D eigenvalue weighted by atomic mass is 10.0. The van der Waals surface area contributed by atoms with Crippen molar-refractivity contribution in [3.63, 3.8) is 0 Å². The lowest BCUT2D eigenvalue weighted by Gasteiger charge is -2.41. The fraction of sp³-hybridized carbons (Fsp3) is 0.500. The van der Waals surface area contributed by atoms with Gasteiger partial charge in [-0.1, -0.05) is 30.3 Å². The number of amides is 1. The zero-order chi connectivity index (χ0) is 13.1. The first-order chi connectivity index (χ1) is 8.63. The summed E-state index contributed by atoms with van der Waals surface area (Å²) in [5.41, 5.74) is 6.93. The number of carbonyl (C=O) groups is 1. The maximum atomic E-state index is 12.1. The van der Waals surface area contributed by atoms with E-state index < -0.39 is 0 Å². The van der Waals surface area contributed by atoms with Crippen molar-refractivity contribution >= 4 is 5.91 Å². The van der Waals surface area contributed by atoms with Gasteiger partial charge >= 0.3 is 0 Å². The van der Waals surface area contributed by atoms with E-state index in [1.165, 1.54) is 5.56 Å². The van der Waals surface area contributed by atoms with E-state index in [9.17, 15) is 4.79 Å². The highest BCUT2D eigenvalue weighted by atomic mass is 16.2. The van der Waals surface area contributed by atoms with Gasteiger partial charge in [0.2, 0.25) is 5.91 Å². The van der Waals surface area contributed by atoms with E-state index in [0.29, 0.717) is 19.6 Å². The Bertz CT molecular complexity index is 407. The molecule has 2 N–H and O–H groups in total. The van der Waals surface area contributed by atoms with E-state index in [2.05, 4.69) is 19.1 Å². The molecule has 0 aliphatic carbocycles. The van der Waals surface area contributed by atoms with Gasteiger partial charge in [-0.15, -0.1) is 0 Å². The molecule has 0 spiro atoms. The molecule has 1 aromatic rings. The van der Waals surface area contributed by atoms with Crippen molar-refractivity contribution in [2.24, 2.45) is 5.73 Å². The van der Waals surface area contributed by atoms with Crippen molar-refractivity contribution in [2.75, 3.05) is 26.7 Å². The number of rotatable bonds is 3. The topological polar surface area (TPSA) is 49.6 Å². The molecule has 1 aliphatic rings. The Labute approximate surface area is 108 Å². The lowest BCUT2D eigenvalue weighted by Crippen LogP contribution is -2.57. The van der Waals surface area contributed by atoms with Crippen molar-refractivity contribution in [3.8, 4) is 0 Å². The molecule has 0 bridgehead atoms. The van der Waals surface area contributed by atoms with Crippen LogP contribution in [0.25, 0.3) is 0 Å². The van der Waals surface area contributed by atoms with Gasteiger partial charge in [0.25, 0.3) is 0 Å². The fourth-order valence-electron chi connectivity index (χ4n) is 2.44. The second-order valence-corrected chi connectivity index (χ2v) is 4.94. The molecule has 0 saturated carbocycles. The van der Waals surface area contributed by atoms with Crippen LogP contribution < -0.4 is 5.73 Å². The third-order valence-corrected chi connectivity index (χ3v) is 3.76. The van der Waals surface area contributed by atoms with Crippen molar-refractivity contribution in [2.45, 2.75) is 19.0 Å². The summed E-state index contributed by atoms with van der Waals surface area (Å²) in [7, 11) is 1.96. The first-order valence-corrected chi connectivity index (χ1v) is 6.38. The SMILES string of the molecule is CC(c1ccccc1)N1CC(CN)N(C)CC1=O. The molecule has 1 saturated heterocycles. The van der Waals surface area contributed by atoms with Crippen LogP contribution >= 0.6 is 0 Å². The Morgan fingerprint density at radius 3 is 2.67 bits per heavy atom. The average molecular weight is 247 g/mol. The molecular weight excluding hydrogens is 226 g/mol. The second kappa shape index (κ2) is 5.50. The highest BCUT2D eigenvalue weighted by Crippen LogP contribution is 2.23. The Kier molecular flexibility index (Phi) is 3.99. The number of likely N-dealkylation sites (N-methyl/N-ethyl adjacent to an activating group) is 1. The maximum Gasteiger partial charge on any atom is 0.237 e.